The number of primary amides is 1. The number of fused-ring (bicyclic) bond motifs is 3. The Morgan fingerprint density at radius 3 is 3.00 bits per heavy atom. The van der Waals surface area contributed by atoms with Gasteiger partial charge in [0.05, 0.1) is 21.7 Å². The molecule has 1 aromatic heterocycles. The minimum Gasteiger partial charge on any atom is -0.393 e. The quantitative estimate of drug-likeness (QED) is 0.778. The topological polar surface area (TPSA) is 79.1 Å². The first-order chi connectivity index (χ1) is 10.4. The van der Waals surface area contributed by atoms with E-state index in [-0.39, 0.29) is 11.7 Å². The highest BCUT2D eigenvalue weighted by atomic mass is 79.9. The fraction of sp³-hybridized carbons (Fsp3) is 0.438. The smallest absolute Gasteiger partial charge is 0.250 e. The van der Waals surface area contributed by atoms with E-state index in [2.05, 4.69) is 20.9 Å². The van der Waals surface area contributed by atoms with Gasteiger partial charge in [0.15, 0.2) is 0 Å². The highest BCUT2D eigenvalue weighted by Gasteiger charge is 2.27. The molecule has 22 heavy (non-hydrogen) atoms. The summed E-state index contributed by atoms with van der Waals surface area (Å²) < 4.78 is 14.4. The molecule has 1 aliphatic rings. The van der Waals surface area contributed by atoms with E-state index in [0.29, 0.717) is 15.9 Å². The van der Waals surface area contributed by atoms with Gasteiger partial charge in [0.2, 0.25) is 0 Å². The van der Waals surface area contributed by atoms with Gasteiger partial charge in [-0.2, -0.15) is 0 Å². The number of benzene rings is 1. The lowest BCUT2D eigenvalue weighted by molar-refractivity contribution is 0.100. The standard InChI is InChI=1S/C16H18BrFN2O2/c1-7(21)4-8-2-3-9-12(5-8)20-15-10(16(19)22)6-11(18)14(17)13(9)15/h6-8,20-21H,2-5H2,1H3,(H2,19,22). The number of H-pyrrole nitrogens is 1. The molecule has 1 heterocycles. The van der Waals surface area contributed by atoms with E-state index in [1.807, 2.05) is 0 Å². The maximum atomic E-state index is 14.1. The zero-order valence-corrected chi connectivity index (χ0v) is 13.8. The van der Waals surface area contributed by atoms with Crippen LogP contribution in [-0.2, 0) is 12.8 Å². The molecular weight excluding hydrogens is 351 g/mol. The van der Waals surface area contributed by atoms with E-state index < -0.39 is 11.7 Å². The number of carbonyl (C=O) groups excluding carboxylic acids is 1. The molecule has 0 saturated heterocycles. The fourth-order valence-corrected chi connectivity index (χ4v) is 4.04. The number of halogens is 2. The van der Waals surface area contributed by atoms with Crippen molar-refractivity contribution in [1.82, 2.24) is 4.98 Å². The van der Waals surface area contributed by atoms with Crippen LogP contribution in [0.15, 0.2) is 10.5 Å². The number of carbonyl (C=O) groups is 1. The molecule has 2 atom stereocenters. The molecule has 0 fully saturated rings. The molecule has 1 amide bonds. The number of hydrogen-bond donors (Lipinski definition) is 3. The van der Waals surface area contributed by atoms with Crippen LogP contribution in [0.2, 0.25) is 0 Å². The third-order valence-corrected chi connectivity index (χ3v) is 5.17. The lowest BCUT2D eigenvalue weighted by atomic mass is 9.84. The Labute approximate surface area is 136 Å². The first kappa shape index (κ1) is 15.5. The molecular formula is C16H18BrFN2O2. The van der Waals surface area contributed by atoms with Crippen LogP contribution in [0.1, 0.15) is 41.4 Å². The van der Waals surface area contributed by atoms with Crippen LogP contribution >= 0.6 is 15.9 Å². The monoisotopic (exact) mass is 368 g/mol. The first-order valence-corrected chi connectivity index (χ1v) is 8.17. The Balaban J connectivity index is 2.13. The third-order valence-electron chi connectivity index (χ3n) is 4.40. The predicted octanol–water partition coefficient (Wildman–Crippen LogP) is 3.04. The van der Waals surface area contributed by atoms with Crippen molar-refractivity contribution in [1.29, 1.82) is 0 Å². The molecule has 0 saturated carbocycles. The molecule has 118 valence electrons. The Kier molecular flexibility index (Phi) is 3.99. The molecule has 6 heteroatoms. The highest BCUT2D eigenvalue weighted by Crippen LogP contribution is 2.39. The van der Waals surface area contributed by atoms with Crippen LogP contribution < -0.4 is 5.73 Å². The number of aliphatic hydroxyl groups is 1. The van der Waals surface area contributed by atoms with Gasteiger partial charge in [0, 0.05) is 11.1 Å². The largest absolute Gasteiger partial charge is 0.393 e. The Hall–Kier alpha value is -1.40. The summed E-state index contributed by atoms with van der Waals surface area (Å²) in [6.07, 6.45) is 2.95. The molecule has 4 N–H and O–H groups in total. The van der Waals surface area contributed by atoms with E-state index in [9.17, 15) is 14.3 Å². The van der Waals surface area contributed by atoms with Crippen LogP contribution in [0.4, 0.5) is 4.39 Å². The predicted molar refractivity (Wildman–Crippen MR) is 86.3 cm³/mol. The molecule has 2 aromatic rings. The summed E-state index contributed by atoms with van der Waals surface area (Å²) in [5.74, 6) is -0.731. The summed E-state index contributed by atoms with van der Waals surface area (Å²) in [5.41, 5.74) is 8.22. The van der Waals surface area contributed by atoms with Crippen molar-refractivity contribution in [3.05, 3.63) is 33.2 Å². The lowest BCUT2D eigenvalue weighted by Crippen LogP contribution is -2.18. The molecule has 3 rings (SSSR count). The number of rotatable bonds is 3. The van der Waals surface area contributed by atoms with Crippen molar-refractivity contribution in [3.8, 4) is 0 Å². The van der Waals surface area contributed by atoms with E-state index in [1.54, 1.807) is 6.92 Å². The lowest BCUT2D eigenvalue weighted by Gasteiger charge is -2.23. The summed E-state index contributed by atoms with van der Waals surface area (Å²) in [4.78, 5) is 14.8. The molecule has 4 nitrogen and oxygen atoms in total. The number of aryl methyl sites for hydroxylation is 1. The SMILES string of the molecule is CC(O)CC1CCc2c([nH]c3c(C(N)=O)cc(F)c(Br)c23)C1. The second-order valence-electron chi connectivity index (χ2n) is 6.11. The average Bonchev–Trinajstić information content (AvgIpc) is 2.80. The Morgan fingerprint density at radius 1 is 1.64 bits per heavy atom. The normalized spacial score (nSPS) is 19.2. The number of amides is 1. The maximum Gasteiger partial charge on any atom is 0.250 e. The van der Waals surface area contributed by atoms with E-state index in [4.69, 9.17) is 5.73 Å². The van der Waals surface area contributed by atoms with Gasteiger partial charge in [-0.3, -0.25) is 4.79 Å². The average molecular weight is 369 g/mol. The van der Waals surface area contributed by atoms with Crippen molar-refractivity contribution in [2.45, 2.75) is 38.7 Å². The minimum absolute atomic E-state index is 0.178. The zero-order valence-electron chi connectivity index (χ0n) is 12.2. The zero-order chi connectivity index (χ0) is 16.0. The van der Waals surface area contributed by atoms with Crippen molar-refractivity contribution < 1.29 is 14.3 Å². The second kappa shape index (κ2) is 5.66. The number of aromatic amines is 1. The van der Waals surface area contributed by atoms with Gasteiger partial charge in [0.25, 0.3) is 5.91 Å². The Bertz CT molecular complexity index is 754. The number of aromatic nitrogens is 1. The van der Waals surface area contributed by atoms with Crippen LogP contribution in [0.5, 0.6) is 0 Å². The number of nitrogens with one attached hydrogen (secondary N) is 1. The van der Waals surface area contributed by atoms with Crippen molar-refractivity contribution >= 4 is 32.7 Å². The molecule has 1 aromatic carbocycles. The first-order valence-electron chi connectivity index (χ1n) is 7.37. The highest BCUT2D eigenvalue weighted by molar-refractivity contribution is 9.10. The molecule has 1 aliphatic carbocycles. The van der Waals surface area contributed by atoms with Gasteiger partial charge in [-0.05, 0) is 66.1 Å². The van der Waals surface area contributed by atoms with Crippen LogP contribution in [0, 0.1) is 11.7 Å². The van der Waals surface area contributed by atoms with Crippen molar-refractivity contribution in [2.24, 2.45) is 11.7 Å². The van der Waals surface area contributed by atoms with E-state index in [0.717, 1.165) is 42.3 Å². The van der Waals surface area contributed by atoms with Gasteiger partial charge >= 0.3 is 0 Å². The van der Waals surface area contributed by atoms with Crippen LogP contribution in [0.25, 0.3) is 10.9 Å². The summed E-state index contributed by atoms with van der Waals surface area (Å²) in [6, 6.07) is 1.17. The Morgan fingerprint density at radius 2 is 2.36 bits per heavy atom. The van der Waals surface area contributed by atoms with Gasteiger partial charge in [-0.25, -0.2) is 4.39 Å². The second-order valence-corrected chi connectivity index (χ2v) is 6.90. The van der Waals surface area contributed by atoms with Gasteiger partial charge in [-0.1, -0.05) is 0 Å². The summed E-state index contributed by atoms with van der Waals surface area (Å²) in [5, 5.41) is 10.3. The number of hydrogen-bond acceptors (Lipinski definition) is 2. The summed E-state index contributed by atoms with van der Waals surface area (Å²) >= 11 is 3.29. The number of aliphatic hydroxyl groups excluding tert-OH is 1. The van der Waals surface area contributed by atoms with E-state index >= 15 is 0 Å². The van der Waals surface area contributed by atoms with Gasteiger partial charge in [0.1, 0.15) is 5.82 Å². The third kappa shape index (κ3) is 2.54. The summed E-state index contributed by atoms with van der Waals surface area (Å²) in [6.45, 7) is 1.79. The van der Waals surface area contributed by atoms with Gasteiger partial charge < -0.3 is 15.8 Å². The molecule has 0 bridgehead atoms. The molecule has 0 aliphatic heterocycles. The molecule has 2 unspecified atom stereocenters. The van der Waals surface area contributed by atoms with E-state index in [1.165, 1.54) is 6.07 Å². The van der Waals surface area contributed by atoms with Crippen molar-refractivity contribution in [3.63, 3.8) is 0 Å². The molecule has 0 spiro atoms. The number of nitrogens with two attached hydrogens (primary N) is 1. The van der Waals surface area contributed by atoms with Gasteiger partial charge in [-0.15, -0.1) is 0 Å². The minimum atomic E-state index is -0.643. The van der Waals surface area contributed by atoms with Crippen LogP contribution in [0.3, 0.4) is 0 Å². The summed E-state index contributed by atoms with van der Waals surface area (Å²) in [7, 11) is 0. The van der Waals surface area contributed by atoms with Crippen molar-refractivity contribution in [2.75, 3.05) is 0 Å². The van der Waals surface area contributed by atoms with Crippen LogP contribution in [-0.4, -0.2) is 22.1 Å². The molecule has 0 radical (unpaired) electrons. The maximum absolute atomic E-state index is 14.1. The fourth-order valence-electron chi connectivity index (χ4n) is 3.48.